The van der Waals surface area contributed by atoms with Gasteiger partial charge in [0.25, 0.3) is 16.8 Å². The van der Waals surface area contributed by atoms with Crippen LogP contribution in [0.4, 0.5) is 10.5 Å². The van der Waals surface area contributed by atoms with Gasteiger partial charge in [0.15, 0.2) is 0 Å². The zero-order chi connectivity index (χ0) is 22.5. The summed E-state index contributed by atoms with van der Waals surface area (Å²) >= 11 is 0.919. The number of hydrogen-bond donors (Lipinski definition) is 0. The number of nitrogens with zero attached hydrogens (tertiary/aromatic N) is 4. The van der Waals surface area contributed by atoms with Crippen molar-refractivity contribution in [1.29, 1.82) is 0 Å². The molecule has 1 aromatic heterocycles. The minimum atomic E-state index is -0.454. The van der Waals surface area contributed by atoms with Crippen LogP contribution in [0, 0.1) is 10.1 Å². The molecule has 0 bridgehead atoms. The molecule has 33 heavy (non-hydrogen) atoms. The molecule has 2 saturated heterocycles. The van der Waals surface area contributed by atoms with Crippen LogP contribution in [0.5, 0.6) is 0 Å². The van der Waals surface area contributed by atoms with Gasteiger partial charge in [-0.1, -0.05) is 6.07 Å². The van der Waals surface area contributed by atoms with Crippen LogP contribution >= 0.6 is 24.2 Å². The summed E-state index contributed by atoms with van der Waals surface area (Å²) in [6.07, 6.45) is 2.33. The fourth-order valence-electron chi connectivity index (χ4n) is 3.55. The smallest absolute Gasteiger partial charge is 0.293 e. The summed E-state index contributed by atoms with van der Waals surface area (Å²) in [5.41, 5.74) is 1.90. The van der Waals surface area contributed by atoms with E-state index in [-0.39, 0.29) is 29.2 Å². The van der Waals surface area contributed by atoms with Crippen LogP contribution in [0.1, 0.15) is 12.1 Å². The first-order chi connectivity index (χ1) is 15.5. The Labute approximate surface area is 201 Å². The van der Waals surface area contributed by atoms with Gasteiger partial charge in [0.1, 0.15) is 0 Å². The van der Waals surface area contributed by atoms with E-state index in [1.54, 1.807) is 36.4 Å². The molecule has 1 aromatic carbocycles. The van der Waals surface area contributed by atoms with Gasteiger partial charge in [-0.05, 0) is 48.5 Å². The molecule has 0 spiro atoms. The molecule has 2 amide bonds. The number of nitro benzene ring substituents is 1. The Morgan fingerprint density at radius 3 is 2.52 bits per heavy atom. The van der Waals surface area contributed by atoms with Crippen molar-refractivity contribution in [3.8, 4) is 11.3 Å². The Morgan fingerprint density at radius 1 is 1.09 bits per heavy atom. The van der Waals surface area contributed by atoms with Gasteiger partial charge in [-0.15, -0.1) is 12.4 Å². The van der Waals surface area contributed by atoms with Crippen molar-refractivity contribution in [3.63, 3.8) is 0 Å². The molecule has 9 nitrogen and oxygen atoms in total. The fraction of sp³-hybridized carbons (Fsp3) is 0.318. The lowest BCUT2D eigenvalue weighted by molar-refractivity contribution is -0.384. The van der Waals surface area contributed by atoms with Crippen molar-refractivity contribution >= 4 is 47.1 Å². The number of ether oxygens (including phenoxy) is 1. The summed E-state index contributed by atoms with van der Waals surface area (Å²) in [5, 5.41) is 10.6. The maximum Gasteiger partial charge on any atom is 0.293 e. The average molecular weight is 491 g/mol. The Hall–Kier alpha value is -2.79. The van der Waals surface area contributed by atoms with Crippen molar-refractivity contribution in [2.45, 2.75) is 6.42 Å². The van der Waals surface area contributed by atoms with E-state index in [1.165, 1.54) is 17.0 Å². The number of nitro groups is 1. The second kappa shape index (κ2) is 11.4. The van der Waals surface area contributed by atoms with E-state index in [1.807, 2.05) is 0 Å². The number of amides is 2. The molecular formula is C22H23ClN4O5S. The van der Waals surface area contributed by atoms with Gasteiger partial charge in [0, 0.05) is 43.9 Å². The number of aromatic nitrogens is 1. The molecule has 0 unspecified atom stereocenters. The minimum absolute atomic E-state index is 0. The van der Waals surface area contributed by atoms with E-state index in [4.69, 9.17) is 4.74 Å². The predicted molar refractivity (Wildman–Crippen MR) is 128 cm³/mol. The topological polar surface area (TPSA) is 106 Å². The number of non-ortho nitro benzene ring substituents is 1. The number of pyridine rings is 1. The van der Waals surface area contributed by atoms with E-state index in [2.05, 4.69) is 9.88 Å². The summed E-state index contributed by atoms with van der Waals surface area (Å²) in [5.74, 6) is -0.301. The van der Waals surface area contributed by atoms with Gasteiger partial charge in [-0.25, -0.2) is 4.98 Å². The monoisotopic (exact) mass is 490 g/mol. The van der Waals surface area contributed by atoms with Crippen molar-refractivity contribution in [2.75, 3.05) is 39.4 Å². The lowest BCUT2D eigenvalue weighted by atomic mass is 10.1. The zero-order valence-corrected chi connectivity index (χ0v) is 19.3. The number of benzene rings is 1. The van der Waals surface area contributed by atoms with Crippen molar-refractivity contribution in [3.05, 3.63) is 63.2 Å². The fourth-order valence-corrected chi connectivity index (χ4v) is 4.40. The highest BCUT2D eigenvalue weighted by molar-refractivity contribution is 8.18. The van der Waals surface area contributed by atoms with Crippen molar-refractivity contribution in [2.24, 2.45) is 0 Å². The zero-order valence-electron chi connectivity index (χ0n) is 17.7. The van der Waals surface area contributed by atoms with E-state index in [9.17, 15) is 19.7 Å². The van der Waals surface area contributed by atoms with Crippen LogP contribution in [0.15, 0.2) is 47.4 Å². The number of carbonyl (C=O) groups is 2. The quantitative estimate of drug-likeness (QED) is 0.327. The van der Waals surface area contributed by atoms with Crippen LogP contribution in [0.25, 0.3) is 17.3 Å². The van der Waals surface area contributed by atoms with Crippen LogP contribution in [0.2, 0.25) is 0 Å². The summed E-state index contributed by atoms with van der Waals surface area (Å²) < 4.78 is 5.33. The molecule has 3 heterocycles. The SMILES string of the molecule is Cl.O=C1S/C(=C\c2cccc(-c3ccc([N+](=O)[O-])cc3)n2)C(=O)N1CCCN1CCOCC1. The summed E-state index contributed by atoms with van der Waals surface area (Å²) in [6, 6.07) is 11.4. The van der Waals surface area contributed by atoms with Gasteiger partial charge in [0.05, 0.1) is 34.4 Å². The average Bonchev–Trinajstić information content (AvgIpc) is 3.07. The molecule has 4 rings (SSSR count). The molecule has 2 aliphatic rings. The van der Waals surface area contributed by atoms with E-state index < -0.39 is 4.92 Å². The summed E-state index contributed by atoms with van der Waals surface area (Å²) in [6.45, 7) is 4.39. The number of thioether (sulfide) groups is 1. The van der Waals surface area contributed by atoms with Crippen LogP contribution < -0.4 is 0 Å². The first-order valence-corrected chi connectivity index (χ1v) is 11.1. The minimum Gasteiger partial charge on any atom is -0.379 e. The second-order valence-electron chi connectivity index (χ2n) is 7.39. The molecular weight excluding hydrogens is 468 g/mol. The molecule has 0 atom stereocenters. The highest BCUT2D eigenvalue weighted by atomic mass is 35.5. The molecule has 0 saturated carbocycles. The summed E-state index contributed by atoms with van der Waals surface area (Å²) in [7, 11) is 0. The number of hydrogen-bond acceptors (Lipinski definition) is 8. The predicted octanol–water partition coefficient (Wildman–Crippen LogP) is 3.84. The van der Waals surface area contributed by atoms with E-state index >= 15 is 0 Å². The van der Waals surface area contributed by atoms with E-state index in [0.717, 1.165) is 56.6 Å². The first-order valence-electron chi connectivity index (χ1n) is 10.3. The summed E-state index contributed by atoms with van der Waals surface area (Å²) in [4.78, 5) is 43.9. The maximum absolute atomic E-state index is 12.7. The molecule has 2 fully saturated rings. The normalized spacial score (nSPS) is 17.9. The molecule has 0 N–H and O–H groups in total. The highest BCUT2D eigenvalue weighted by Crippen LogP contribution is 2.32. The Kier molecular flexibility index (Phi) is 8.56. The van der Waals surface area contributed by atoms with Gasteiger partial charge < -0.3 is 4.74 Å². The largest absolute Gasteiger partial charge is 0.379 e. The Bertz CT molecular complexity index is 1060. The van der Waals surface area contributed by atoms with Crippen LogP contribution in [0.3, 0.4) is 0 Å². The standard InChI is InChI=1S/C22H22N4O5S.ClH/c27-21-20(32-22(28)25(21)10-2-9-24-11-13-31-14-12-24)15-17-3-1-4-19(23-17)16-5-7-18(8-6-16)26(29)30;/h1,3-8,15H,2,9-14H2;1H/b20-15-;. The lowest BCUT2D eigenvalue weighted by Gasteiger charge is -2.26. The van der Waals surface area contributed by atoms with Gasteiger partial charge in [-0.2, -0.15) is 0 Å². The highest BCUT2D eigenvalue weighted by Gasteiger charge is 2.34. The lowest BCUT2D eigenvalue weighted by Crippen LogP contribution is -2.38. The van der Waals surface area contributed by atoms with Crippen LogP contribution in [-0.4, -0.2) is 70.2 Å². The Morgan fingerprint density at radius 2 is 1.82 bits per heavy atom. The van der Waals surface area contributed by atoms with Gasteiger partial charge >= 0.3 is 0 Å². The molecule has 2 aromatic rings. The molecule has 2 aliphatic heterocycles. The molecule has 174 valence electrons. The maximum atomic E-state index is 12.7. The number of halogens is 1. The third-order valence-corrected chi connectivity index (χ3v) is 6.16. The molecule has 11 heteroatoms. The number of rotatable bonds is 7. The molecule has 0 aliphatic carbocycles. The third-order valence-electron chi connectivity index (χ3n) is 5.26. The van der Waals surface area contributed by atoms with E-state index in [0.29, 0.717) is 22.8 Å². The first kappa shape index (κ1) is 24.8. The number of morpholine rings is 1. The van der Waals surface area contributed by atoms with Crippen LogP contribution in [-0.2, 0) is 9.53 Å². The van der Waals surface area contributed by atoms with Gasteiger partial charge in [-0.3, -0.25) is 29.5 Å². The third kappa shape index (κ3) is 6.17. The number of carbonyl (C=O) groups excluding carboxylic acids is 2. The second-order valence-corrected chi connectivity index (χ2v) is 8.39. The Balaban J connectivity index is 0.00000306. The van der Waals surface area contributed by atoms with Gasteiger partial charge in [0.2, 0.25) is 0 Å². The molecule has 0 radical (unpaired) electrons. The number of imide groups is 1. The van der Waals surface area contributed by atoms with Crippen molar-refractivity contribution < 1.29 is 19.2 Å². The van der Waals surface area contributed by atoms with Crippen molar-refractivity contribution in [1.82, 2.24) is 14.8 Å².